The number of ether oxygens (including phenoxy) is 2. The van der Waals surface area contributed by atoms with Crippen molar-refractivity contribution < 1.29 is 9.47 Å². The number of hydrogen-bond donors (Lipinski definition) is 1. The quantitative estimate of drug-likeness (QED) is 0.768. The summed E-state index contributed by atoms with van der Waals surface area (Å²) in [6, 6.07) is 8.40. The largest absolute Gasteiger partial charge is 0.496 e. The standard InChI is InChI=1S/C13H21NO2/c1-4-16-10-11(2)14-9-12-7-5-6-8-13(12)15-3/h5-8,11,14H,4,9-10H2,1-3H3. The van der Waals surface area contributed by atoms with Crippen LogP contribution in [0.25, 0.3) is 0 Å². The van der Waals surface area contributed by atoms with E-state index in [1.54, 1.807) is 7.11 Å². The number of rotatable bonds is 7. The lowest BCUT2D eigenvalue weighted by Crippen LogP contribution is -2.30. The van der Waals surface area contributed by atoms with Crippen LogP contribution in [0.2, 0.25) is 0 Å². The first kappa shape index (κ1) is 13.0. The molecule has 0 aliphatic rings. The molecule has 0 bridgehead atoms. The number of para-hydroxylation sites is 1. The molecule has 1 atom stereocenters. The topological polar surface area (TPSA) is 30.5 Å². The van der Waals surface area contributed by atoms with Crippen molar-refractivity contribution >= 4 is 0 Å². The third-order valence-corrected chi connectivity index (χ3v) is 2.41. The summed E-state index contributed by atoms with van der Waals surface area (Å²) in [4.78, 5) is 0. The van der Waals surface area contributed by atoms with Gasteiger partial charge in [0.25, 0.3) is 0 Å². The van der Waals surface area contributed by atoms with Gasteiger partial charge in [-0.05, 0) is 19.9 Å². The summed E-state index contributed by atoms with van der Waals surface area (Å²) in [6.45, 7) is 6.43. The van der Waals surface area contributed by atoms with Gasteiger partial charge < -0.3 is 14.8 Å². The number of benzene rings is 1. The Morgan fingerprint density at radius 3 is 2.75 bits per heavy atom. The van der Waals surface area contributed by atoms with E-state index in [1.807, 2.05) is 25.1 Å². The maximum atomic E-state index is 5.35. The highest BCUT2D eigenvalue weighted by molar-refractivity contribution is 5.32. The molecule has 0 aliphatic heterocycles. The van der Waals surface area contributed by atoms with E-state index in [4.69, 9.17) is 9.47 Å². The Balaban J connectivity index is 2.41. The summed E-state index contributed by atoms with van der Waals surface area (Å²) in [7, 11) is 1.70. The number of hydrogen-bond acceptors (Lipinski definition) is 3. The molecule has 1 aromatic rings. The minimum atomic E-state index is 0.352. The lowest BCUT2D eigenvalue weighted by atomic mass is 10.2. The predicted octanol–water partition coefficient (Wildman–Crippen LogP) is 2.21. The number of methoxy groups -OCH3 is 1. The highest BCUT2D eigenvalue weighted by atomic mass is 16.5. The van der Waals surface area contributed by atoms with Gasteiger partial charge in [-0.1, -0.05) is 18.2 Å². The Bertz CT molecular complexity index is 302. The van der Waals surface area contributed by atoms with Gasteiger partial charge in [-0.3, -0.25) is 0 Å². The van der Waals surface area contributed by atoms with E-state index >= 15 is 0 Å². The van der Waals surface area contributed by atoms with Crippen molar-refractivity contribution in [2.45, 2.75) is 26.4 Å². The lowest BCUT2D eigenvalue weighted by Gasteiger charge is -2.15. The van der Waals surface area contributed by atoms with Crippen LogP contribution in [0, 0.1) is 0 Å². The third kappa shape index (κ3) is 4.21. The van der Waals surface area contributed by atoms with Crippen LogP contribution in [0.1, 0.15) is 19.4 Å². The van der Waals surface area contributed by atoms with Gasteiger partial charge in [0.1, 0.15) is 5.75 Å². The first-order valence-electron chi connectivity index (χ1n) is 5.71. The van der Waals surface area contributed by atoms with Crippen LogP contribution >= 0.6 is 0 Å². The maximum absolute atomic E-state index is 5.35. The molecule has 0 spiro atoms. The van der Waals surface area contributed by atoms with Crippen molar-refractivity contribution in [3.63, 3.8) is 0 Å². The second-order valence-electron chi connectivity index (χ2n) is 3.75. The van der Waals surface area contributed by atoms with Gasteiger partial charge >= 0.3 is 0 Å². The molecule has 16 heavy (non-hydrogen) atoms. The first-order chi connectivity index (χ1) is 7.77. The van der Waals surface area contributed by atoms with Crippen molar-refractivity contribution in [1.82, 2.24) is 5.32 Å². The molecule has 3 nitrogen and oxygen atoms in total. The summed E-state index contributed by atoms with van der Waals surface area (Å²) >= 11 is 0. The van der Waals surface area contributed by atoms with E-state index in [2.05, 4.69) is 18.3 Å². The van der Waals surface area contributed by atoms with Crippen molar-refractivity contribution in [3.05, 3.63) is 29.8 Å². The lowest BCUT2D eigenvalue weighted by molar-refractivity contribution is 0.127. The normalized spacial score (nSPS) is 12.4. The summed E-state index contributed by atoms with van der Waals surface area (Å²) in [5, 5.41) is 3.40. The molecule has 0 aliphatic carbocycles. The molecule has 3 heteroatoms. The molecule has 1 N–H and O–H groups in total. The van der Waals surface area contributed by atoms with Crippen molar-refractivity contribution in [3.8, 4) is 5.75 Å². The van der Waals surface area contributed by atoms with Crippen LogP contribution in [0.15, 0.2) is 24.3 Å². The second-order valence-corrected chi connectivity index (χ2v) is 3.75. The van der Waals surface area contributed by atoms with Gasteiger partial charge in [0.05, 0.1) is 13.7 Å². The van der Waals surface area contributed by atoms with Gasteiger partial charge in [0, 0.05) is 24.8 Å². The van der Waals surface area contributed by atoms with Crippen LogP contribution in [0.4, 0.5) is 0 Å². The summed E-state index contributed by atoms with van der Waals surface area (Å²) in [6.07, 6.45) is 0. The summed E-state index contributed by atoms with van der Waals surface area (Å²) in [5.74, 6) is 0.929. The van der Waals surface area contributed by atoms with Crippen molar-refractivity contribution in [1.29, 1.82) is 0 Å². The average molecular weight is 223 g/mol. The fraction of sp³-hybridized carbons (Fsp3) is 0.538. The molecule has 0 fully saturated rings. The highest BCUT2D eigenvalue weighted by Gasteiger charge is 2.04. The van der Waals surface area contributed by atoms with Crippen LogP contribution in [0.3, 0.4) is 0 Å². The van der Waals surface area contributed by atoms with Gasteiger partial charge in [0.15, 0.2) is 0 Å². The summed E-state index contributed by atoms with van der Waals surface area (Å²) in [5.41, 5.74) is 1.17. The minimum Gasteiger partial charge on any atom is -0.496 e. The monoisotopic (exact) mass is 223 g/mol. The van der Waals surface area contributed by atoms with Crippen LogP contribution < -0.4 is 10.1 Å². The Hall–Kier alpha value is -1.06. The third-order valence-electron chi connectivity index (χ3n) is 2.41. The van der Waals surface area contributed by atoms with E-state index in [0.717, 1.165) is 25.5 Å². The molecular formula is C13H21NO2. The van der Waals surface area contributed by atoms with E-state index in [0.29, 0.717) is 6.04 Å². The van der Waals surface area contributed by atoms with Gasteiger partial charge in [-0.15, -0.1) is 0 Å². The number of nitrogens with one attached hydrogen (secondary N) is 1. The second kappa shape index (κ2) is 7.25. The smallest absolute Gasteiger partial charge is 0.123 e. The fourth-order valence-corrected chi connectivity index (χ4v) is 1.49. The highest BCUT2D eigenvalue weighted by Crippen LogP contribution is 2.16. The van der Waals surface area contributed by atoms with Crippen LogP contribution in [0.5, 0.6) is 5.75 Å². The molecule has 0 saturated carbocycles. The van der Waals surface area contributed by atoms with E-state index in [1.165, 1.54) is 5.56 Å². The zero-order valence-corrected chi connectivity index (χ0v) is 10.3. The van der Waals surface area contributed by atoms with Crippen LogP contribution in [-0.2, 0) is 11.3 Å². The maximum Gasteiger partial charge on any atom is 0.123 e. The first-order valence-corrected chi connectivity index (χ1v) is 5.71. The fourth-order valence-electron chi connectivity index (χ4n) is 1.49. The zero-order chi connectivity index (χ0) is 11.8. The molecular weight excluding hydrogens is 202 g/mol. The van der Waals surface area contributed by atoms with Crippen molar-refractivity contribution in [2.75, 3.05) is 20.3 Å². The zero-order valence-electron chi connectivity index (χ0n) is 10.3. The molecule has 0 radical (unpaired) electrons. The summed E-state index contributed by atoms with van der Waals surface area (Å²) < 4.78 is 10.6. The SMILES string of the molecule is CCOCC(C)NCc1ccccc1OC. The minimum absolute atomic E-state index is 0.352. The Labute approximate surface area is 97.8 Å². The van der Waals surface area contributed by atoms with Gasteiger partial charge in [-0.2, -0.15) is 0 Å². The average Bonchev–Trinajstić information content (AvgIpc) is 2.34. The molecule has 1 rings (SSSR count). The van der Waals surface area contributed by atoms with Crippen molar-refractivity contribution in [2.24, 2.45) is 0 Å². The van der Waals surface area contributed by atoms with Gasteiger partial charge in [-0.25, -0.2) is 0 Å². The Morgan fingerprint density at radius 1 is 1.31 bits per heavy atom. The Morgan fingerprint density at radius 2 is 2.06 bits per heavy atom. The molecule has 0 aromatic heterocycles. The molecule has 1 unspecified atom stereocenters. The van der Waals surface area contributed by atoms with Gasteiger partial charge in [0.2, 0.25) is 0 Å². The van der Waals surface area contributed by atoms with Crippen LogP contribution in [-0.4, -0.2) is 26.4 Å². The molecule has 90 valence electrons. The molecule has 1 aromatic carbocycles. The molecule has 0 heterocycles. The molecule has 0 amide bonds. The van der Waals surface area contributed by atoms with E-state index in [9.17, 15) is 0 Å². The Kier molecular flexibility index (Phi) is 5.90. The molecule has 0 saturated heterocycles. The van der Waals surface area contributed by atoms with E-state index < -0.39 is 0 Å². The van der Waals surface area contributed by atoms with E-state index in [-0.39, 0.29) is 0 Å². The predicted molar refractivity (Wildman–Crippen MR) is 65.8 cm³/mol.